The number of nitrogens with two attached hydrogens (primary N) is 2. The molecule has 1 aliphatic carbocycles. The normalized spacial score (nSPS) is 17.1. The number of esters is 1. The molecule has 0 spiro atoms. The summed E-state index contributed by atoms with van der Waals surface area (Å²) in [6, 6.07) is 5.80. The van der Waals surface area contributed by atoms with E-state index in [9.17, 15) is 14.4 Å². The molecule has 1 aliphatic rings. The Morgan fingerprint density at radius 2 is 1.79 bits per heavy atom. The van der Waals surface area contributed by atoms with Gasteiger partial charge in [0, 0.05) is 5.56 Å². The Morgan fingerprint density at radius 1 is 1.21 bits per heavy atom. The molecule has 0 heterocycles. The molecule has 1 aromatic rings. The van der Waals surface area contributed by atoms with E-state index >= 15 is 0 Å². The maximum Gasteiger partial charge on any atom is 0.331 e. The van der Waals surface area contributed by atoms with E-state index in [2.05, 4.69) is 5.32 Å². The average Bonchev–Trinajstić information content (AvgIpc) is 3.04. The van der Waals surface area contributed by atoms with Crippen molar-refractivity contribution >= 4 is 17.8 Å². The summed E-state index contributed by atoms with van der Waals surface area (Å²) >= 11 is 0. The zero-order chi connectivity index (χ0) is 17.7. The SMILES string of the molecule is COC(=O)C1(NC(=O)[C@@H](N)Cc2ccc(C(N)=O)cc2)CCCC1. The number of hydrogen-bond acceptors (Lipinski definition) is 5. The molecule has 7 nitrogen and oxygen atoms in total. The van der Waals surface area contributed by atoms with Crippen molar-refractivity contribution in [2.45, 2.75) is 43.7 Å². The molecule has 0 aromatic heterocycles. The van der Waals surface area contributed by atoms with Gasteiger partial charge in [-0.15, -0.1) is 0 Å². The lowest BCUT2D eigenvalue weighted by Crippen LogP contribution is -2.57. The quantitative estimate of drug-likeness (QED) is 0.644. The third kappa shape index (κ3) is 3.91. The molecule has 2 amide bonds. The summed E-state index contributed by atoms with van der Waals surface area (Å²) in [4.78, 5) is 35.5. The van der Waals surface area contributed by atoms with Crippen LogP contribution in [0.2, 0.25) is 0 Å². The fourth-order valence-corrected chi connectivity index (χ4v) is 3.03. The Hall–Kier alpha value is -2.41. The number of methoxy groups -OCH3 is 1. The van der Waals surface area contributed by atoms with Gasteiger partial charge >= 0.3 is 5.97 Å². The van der Waals surface area contributed by atoms with Crippen molar-refractivity contribution < 1.29 is 19.1 Å². The number of hydrogen-bond donors (Lipinski definition) is 3. The Balaban J connectivity index is 2.01. The zero-order valence-corrected chi connectivity index (χ0v) is 13.7. The summed E-state index contributed by atoms with van der Waals surface area (Å²) in [6.07, 6.45) is 3.14. The molecular weight excluding hydrogens is 310 g/mol. The number of rotatable bonds is 6. The molecule has 0 aliphatic heterocycles. The van der Waals surface area contributed by atoms with Crippen LogP contribution in [0.15, 0.2) is 24.3 Å². The maximum atomic E-state index is 12.4. The number of carbonyl (C=O) groups is 3. The standard InChI is InChI=1S/C17H23N3O4/c1-24-16(23)17(8-2-3-9-17)20-15(22)13(18)10-11-4-6-12(7-5-11)14(19)21/h4-7,13H,2-3,8-10,18H2,1H3,(H2,19,21)(H,20,22)/t13-/m0/s1. The van der Waals surface area contributed by atoms with Crippen molar-refractivity contribution in [3.63, 3.8) is 0 Å². The van der Waals surface area contributed by atoms with E-state index in [1.54, 1.807) is 24.3 Å². The Labute approximate surface area is 140 Å². The summed E-state index contributed by atoms with van der Waals surface area (Å²) in [7, 11) is 1.31. The van der Waals surface area contributed by atoms with Gasteiger partial charge in [0.25, 0.3) is 0 Å². The minimum Gasteiger partial charge on any atom is -0.467 e. The van der Waals surface area contributed by atoms with Gasteiger partial charge in [0.05, 0.1) is 13.2 Å². The molecular formula is C17H23N3O4. The van der Waals surface area contributed by atoms with Crippen molar-refractivity contribution in [3.05, 3.63) is 35.4 Å². The monoisotopic (exact) mass is 333 g/mol. The minimum absolute atomic E-state index is 0.294. The predicted octanol–water partition coefficient (Wildman–Crippen LogP) is 0.257. The van der Waals surface area contributed by atoms with E-state index in [0.29, 0.717) is 24.8 Å². The fraction of sp³-hybridized carbons (Fsp3) is 0.471. The number of benzene rings is 1. The number of carbonyl (C=O) groups excluding carboxylic acids is 3. The van der Waals surface area contributed by atoms with Crippen LogP contribution in [0.4, 0.5) is 0 Å². The number of ether oxygens (including phenoxy) is 1. The molecule has 0 bridgehead atoms. The molecule has 24 heavy (non-hydrogen) atoms. The second-order valence-corrected chi connectivity index (χ2v) is 6.14. The molecule has 1 aromatic carbocycles. The highest BCUT2D eigenvalue weighted by molar-refractivity contribution is 5.93. The third-order valence-corrected chi connectivity index (χ3v) is 4.43. The van der Waals surface area contributed by atoms with Crippen LogP contribution in [0.3, 0.4) is 0 Å². The first-order chi connectivity index (χ1) is 11.4. The molecule has 130 valence electrons. The van der Waals surface area contributed by atoms with Crippen molar-refractivity contribution in [2.24, 2.45) is 11.5 Å². The lowest BCUT2D eigenvalue weighted by atomic mass is 9.96. The molecule has 1 atom stereocenters. The molecule has 7 heteroatoms. The van der Waals surface area contributed by atoms with Gasteiger partial charge in [-0.25, -0.2) is 4.79 Å². The third-order valence-electron chi connectivity index (χ3n) is 4.43. The zero-order valence-electron chi connectivity index (χ0n) is 13.7. The van der Waals surface area contributed by atoms with Crippen molar-refractivity contribution in [1.82, 2.24) is 5.32 Å². The van der Waals surface area contributed by atoms with Crippen molar-refractivity contribution in [2.75, 3.05) is 7.11 Å². The van der Waals surface area contributed by atoms with Gasteiger partial charge in [0.15, 0.2) is 0 Å². The lowest BCUT2D eigenvalue weighted by molar-refractivity contribution is -0.150. The highest BCUT2D eigenvalue weighted by Crippen LogP contribution is 2.30. The van der Waals surface area contributed by atoms with Gasteiger partial charge < -0.3 is 21.5 Å². The molecule has 0 radical (unpaired) electrons. The number of amides is 2. The first kappa shape index (κ1) is 17.9. The van der Waals surface area contributed by atoms with Gasteiger partial charge in [-0.1, -0.05) is 25.0 Å². The average molecular weight is 333 g/mol. The van der Waals surface area contributed by atoms with Crippen LogP contribution >= 0.6 is 0 Å². The maximum absolute atomic E-state index is 12.4. The summed E-state index contributed by atoms with van der Waals surface area (Å²) in [5, 5.41) is 2.78. The van der Waals surface area contributed by atoms with Gasteiger partial charge in [-0.2, -0.15) is 0 Å². The van der Waals surface area contributed by atoms with Gasteiger partial charge in [0.1, 0.15) is 5.54 Å². The number of nitrogens with one attached hydrogen (secondary N) is 1. The predicted molar refractivity (Wildman–Crippen MR) is 88.0 cm³/mol. The van der Waals surface area contributed by atoms with E-state index in [1.165, 1.54) is 7.11 Å². The summed E-state index contributed by atoms with van der Waals surface area (Å²) in [6.45, 7) is 0. The van der Waals surface area contributed by atoms with Crippen LogP contribution in [0, 0.1) is 0 Å². The van der Waals surface area contributed by atoms with Crippen molar-refractivity contribution in [3.8, 4) is 0 Å². The first-order valence-electron chi connectivity index (χ1n) is 7.93. The van der Waals surface area contributed by atoms with Gasteiger partial charge in [-0.3, -0.25) is 9.59 Å². The molecule has 2 rings (SSSR count). The number of primary amides is 1. The second-order valence-electron chi connectivity index (χ2n) is 6.14. The second kappa shape index (κ2) is 7.44. The largest absolute Gasteiger partial charge is 0.467 e. The Bertz CT molecular complexity index is 621. The minimum atomic E-state index is -0.959. The van der Waals surface area contributed by atoms with Crippen LogP contribution < -0.4 is 16.8 Å². The van der Waals surface area contributed by atoms with Crippen LogP contribution in [0.5, 0.6) is 0 Å². The van der Waals surface area contributed by atoms with E-state index in [1.807, 2.05) is 0 Å². The van der Waals surface area contributed by atoms with Crippen LogP contribution in [0.1, 0.15) is 41.6 Å². The van der Waals surface area contributed by atoms with E-state index in [-0.39, 0.29) is 5.91 Å². The fourth-order valence-electron chi connectivity index (χ4n) is 3.03. The van der Waals surface area contributed by atoms with Crippen LogP contribution in [-0.4, -0.2) is 36.5 Å². The van der Waals surface area contributed by atoms with E-state index in [4.69, 9.17) is 16.2 Å². The molecule has 1 saturated carbocycles. The summed E-state index contributed by atoms with van der Waals surface area (Å²) in [5.74, 6) is -1.32. The molecule has 1 fully saturated rings. The van der Waals surface area contributed by atoms with E-state index in [0.717, 1.165) is 18.4 Å². The van der Waals surface area contributed by atoms with Crippen LogP contribution in [-0.2, 0) is 20.7 Å². The summed E-state index contributed by atoms with van der Waals surface area (Å²) in [5.41, 5.74) is 11.4. The molecule has 0 saturated heterocycles. The van der Waals surface area contributed by atoms with Gasteiger partial charge in [-0.05, 0) is 37.0 Å². The Kier molecular flexibility index (Phi) is 5.56. The summed E-state index contributed by atoms with van der Waals surface area (Å²) < 4.78 is 4.83. The first-order valence-corrected chi connectivity index (χ1v) is 7.93. The van der Waals surface area contributed by atoms with Crippen LogP contribution in [0.25, 0.3) is 0 Å². The molecule has 0 unspecified atom stereocenters. The molecule has 5 N–H and O–H groups in total. The Morgan fingerprint density at radius 3 is 2.29 bits per heavy atom. The highest BCUT2D eigenvalue weighted by atomic mass is 16.5. The topological polar surface area (TPSA) is 125 Å². The van der Waals surface area contributed by atoms with Crippen molar-refractivity contribution in [1.29, 1.82) is 0 Å². The lowest BCUT2D eigenvalue weighted by Gasteiger charge is -2.28. The smallest absolute Gasteiger partial charge is 0.331 e. The van der Waals surface area contributed by atoms with E-state index < -0.39 is 23.5 Å². The highest BCUT2D eigenvalue weighted by Gasteiger charge is 2.44. The van der Waals surface area contributed by atoms with Gasteiger partial charge in [0.2, 0.25) is 11.8 Å².